The van der Waals surface area contributed by atoms with E-state index >= 15 is 0 Å². The van der Waals surface area contributed by atoms with E-state index in [4.69, 9.17) is 4.84 Å². The molecule has 1 N–H and O–H groups in total. The average molecular weight is 441 g/mol. The molecule has 0 spiro atoms. The van der Waals surface area contributed by atoms with Crippen LogP contribution in [0.1, 0.15) is 55.3 Å². The number of carbonyl (C=O) groups is 2. The second kappa shape index (κ2) is 11.0. The Bertz CT molecular complexity index is 854. The van der Waals surface area contributed by atoms with E-state index in [1.54, 1.807) is 30.3 Å². The second-order valence-corrected chi connectivity index (χ2v) is 9.38. The standard InChI is InChI=1S/C26H33FN2O3/c27-23-10-8-19(9-11-23)15-20-5-4-14-29(17-20)18-22-16-24(30)12-13-25(22)28-32-26(31)21-6-2-1-3-7-21/h1-3,6-10,20,22-23,25,28H,4-5,11-18H2/t20-,22-,23?,25+/m0/s1. The molecule has 1 saturated heterocycles. The molecule has 4 atom stereocenters. The molecule has 1 heterocycles. The van der Waals surface area contributed by atoms with Gasteiger partial charge in [0.15, 0.2) is 0 Å². The summed E-state index contributed by atoms with van der Waals surface area (Å²) in [7, 11) is 0. The van der Waals surface area contributed by atoms with Gasteiger partial charge in [-0.3, -0.25) is 4.79 Å². The lowest BCUT2D eigenvalue weighted by Gasteiger charge is -2.38. The Kier molecular flexibility index (Phi) is 7.87. The lowest BCUT2D eigenvalue weighted by molar-refractivity contribution is -0.123. The summed E-state index contributed by atoms with van der Waals surface area (Å²) >= 11 is 0. The number of benzene rings is 1. The van der Waals surface area contributed by atoms with Gasteiger partial charge in [-0.05, 0) is 56.2 Å². The normalized spacial score (nSPS) is 28.9. The summed E-state index contributed by atoms with van der Waals surface area (Å²) in [6.45, 7) is 2.84. The van der Waals surface area contributed by atoms with Crippen molar-refractivity contribution in [3.8, 4) is 0 Å². The number of ketones is 1. The molecule has 5 nitrogen and oxygen atoms in total. The van der Waals surface area contributed by atoms with Crippen LogP contribution in [-0.4, -0.2) is 48.5 Å². The Morgan fingerprint density at radius 2 is 2.06 bits per heavy atom. The molecule has 0 amide bonds. The number of hydrogen-bond acceptors (Lipinski definition) is 5. The topological polar surface area (TPSA) is 58.6 Å². The Balaban J connectivity index is 1.30. The fourth-order valence-electron chi connectivity index (χ4n) is 5.14. The van der Waals surface area contributed by atoms with Crippen LogP contribution in [0.4, 0.5) is 4.39 Å². The van der Waals surface area contributed by atoms with Gasteiger partial charge in [0.05, 0.1) is 5.56 Å². The molecule has 32 heavy (non-hydrogen) atoms. The molecule has 0 bridgehead atoms. The van der Waals surface area contributed by atoms with Crippen LogP contribution in [0.3, 0.4) is 0 Å². The van der Waals surface area contributed by atoms with Gasteiger partial charge in [-0.1, -0.05) is 42.0 Å². The van der Waals surface area contributed by atoms with Crippen molar-refractivity contribution in [2.45, 2.75) is 57.2 Å². The van der Waals surface area contributed by atoms with Crippen molar-refractivity contribution in [2.75, 3.05) is 19.6 Å². The largest absolute Gasteiger partial charge is 0.366 e. The first-order valence-electron chi connectivity index (χ1n) is 11.8. The van der Waals surface area contributed by atoms with Crippen LogP contribution in [0, 0.1) is 11.8 Å². The number of nitrogens with one attached hydrogen (secondary N) is 1. The zero-order valence-electron chi connectivity index (χ0n) is 18.5. The van der Waals surface area contributed by atoms with Crippen molar-refractivity contribution in [1.82, 2.24) is 10.4 Å². The van der Waals surface area contributed by atoms with E-state index < -0.39 is 12.1 Å². The van der Waals surface area contributed by atoms with Crippen molar-refractivity contribution in [2.24, 2.45) is 11.8 Å². The Labute approximate surface area is 189 Å². The first-order valence-corrected chi connectivity index (χ1v) is 11.8. The molecule has 172 valence electrons. The van der Waals surface area contributed by atoms with Crippen molar-refractivity contribution < 1.29 is 18.8 Å². The predicted octanol–water partition coefficient (Wildman–Crippen LogP) is 4.41. The monoisotopic (exact) mass is 440 g/mol. The summed E-state index contributed by atoms with van der Waals surface area (Å²) in [5.74, 6) is 0.565. The number of allylic oxidation sites excluding steroid dienone is 4. The Morgan fingerprint density at radius 1 is 1.22 bits per heavy atom. The number of nitrogens with zero attached hydrogens (tertiary/aromatic N) is 1. The smallest absolute Gasteiger partial charge is 0.356 e. The molecule has 0 aromatic heterocycles. The van der Waals surface area contributed by atoms with Crippen molar-refractivity contribution in [3.63, 3.8) is 0 Å². The average Bonchev–Trinajstić information content (AvgIpc) is 2.81. The minimum Gasteiger partial charge on any atom is -0.366 e. The van der Waals surface area contributed by atoms with Crippen LogP contribution in [0.2, 0.25) is 0 Å². The molecule has 1 aromatic carbocycles. The second-order valence-electron chi connectivity index (χ2n) is 9.38. The highest BCUT2D eigenvalue weighted by Crippen LogP contribution is 2.29. The minimum absolute atomic E-state index is 0.0220. The fourth-order valence-corrected chi connectivity index (χ4v) is 5.14. The summed E-state index contributed by atoms with van der Waals surface area (Å²) < 4.78 is 13.3. The molecular weight excluding hydrogens is 407 g/mol. The van der Waals surface area contributed by atoms with Gasteiger partial charge in [-0.15, -0.1) is 5.48 Å². The highest BCUT2D eigenvalue weighted by Gasteiger charge is 2.33. The number of hydrogen-bond donors (Lipinski definition) is 1. The SMILES string of the molecule is O=C1CC[C@@H](NOC(=O)c2ccccc2)[C@H](CN2CCC[C@@H](CC3=CCC(F)C=C3)C2)C1. The van der Waals surface area contributed by atoms with Gasteiger partial charge in [0.1, 0.15) is 12.0 Å². The molecular formula is C26H33FN2O3. The van der Waals surface area contributed by atoms with Crippen LogP contribution < -0.4 is 5.48 Å². The van der Waals surface area contributed by atoms with Gasteiger partial charge in [0, 0.05) is 38.4 Å². The number of Topliss-reactive ketones (excluding diaryl/α,β-unsaturated/α-hetero) is 1. The van der Waals surface area contributed by atoms with E-state index in [1.165, 1.54) is 12.0 Å². The summed E-state index contributed by atoms with van der Waals surface area (Å²) in [5, 5.41) is 0. The molecule has 1 aliphatic heterocycles. The van der Waals surface area contributed by atoms with Gasteiger partial charge in [-0.2, -0.15) is 0 Å². The minimum atomic E-state index is -0.842. The van der Waals surface area contributed by atoms with E-state index in [2.05, 4.69) is 10.4 Å². The zero-order chi connectivity index (χ0) is 22.3. The van der Waals surface area contributed by atoms with Crippen LogP contribution in [0.25, 0.3) is 0 Å². The Morgan fingerprint density at radius 3 is 2.84 bits per heavy atom. The number of likely N-dealkylation sites (tertiary alicyclic amines) is 1. The van der Waals surface area contributed by atoms with Crippen LogP contribution in [0.5, 0.6) is 0 Å². The third-order valence-electron chi connectivity index (χ3n) is 6.85. The molecule has 2 aliphatic carbocycles. The third kappa shape index (κ3) is 6.36. The number of hydroxylamine groups is 1. The first kappa shape index (κ1) is 22.9. The number of piperidine rings is 1. The molecule has 4 rings (SSSR count). The highest BCUT2D eigenvalue weighted by molar-refractivity contribution is 5.89. The molecule has 2 fully saturated rings. The third-order valence-corrected chi connectivity index (χ3v) is 6.85. The van der Waals surface area contributed by atoms with Gasteiger partial charge < -0.3 is 9.74 Å². The number of rotatable bonds is 7. The summed E-state index contributed by atoms with van der Waals surface area (Å²) in [6.07, 6.45) is 10.3. The zero-order valence-corrected chi connectivity index (χ0v) is 18.5. The van der Waals surface area contributed by atoms with Gasteiger partial charge in [-0.25, -0.2) is 9.18 Å². The quantitative estimate of drug-likeness (QED) is 0.637. The number of halogens is 1. The molecule has 1 unspecified atom stereocenters. The van der Waals surface area contributed by atoms with Crippen molar-refractivity contribution in [3.05, 3.63) is 59.7 Å². The fraction of sp³-hybridized carbons (Fsp3) is 0.538. The van der Waals surface area contributed by atoms with Crippen molar-refractivity contribution >= 4 is 11.8 Å². The summed E-state index contributed by atoms with van der Waals surface area (Å²) in [5.41, 5.74) is 4.73. The number of carbonyl (C=O) groups excluding carboxylic acids is 2. The number of alkyl halides is 1. The van der Waals surface area contributed by atoms with E-state index in [1.807, 2.05) is 18.2 Å². The van der Waals surface area contributed by atoms with Crippen molar-refractivity contribution in [1.29, 1.82) is 0 Å². The van der Waals surface area contributed by atoms with E-state index in [9.17, 15) is 14.0 Å². The van der Waals surface area contributed by atoms with E-state index in [-0.39, 0.29) is 17.7 Å². The van der Waals surface area contributed by atoms with Gasteiger partial charge in [0.25, 0.3) is 0 Å². The van der Waals surface area contributed by atoms with E-state index in [0.29, 0.717) is 37.2 Å². The lowest BCUT2D eigenvalue weighted by atomic mass is 9.82. The van der Waals surface area contributed by atoms with Crippen LogP contribution in [0.15, 0.2) is 54.1 Å². The maximum absolute atomic E-state index is 13.3. The maximum atomic E-state index is 13.3. The van der Waals surface area contributed by atoms with E-state index in [0.717, 1.165) is 32.5 Å². The van der Waals surface area contributed by atoms with Crippen LogP contribution in [-0.2, 0) is 9.63 Å². The van der Waals surface area contributed by atoms with Gasteiger partial charge in [0.2, 0.25) is 0 Å². The molecule has 3 aliphatic rings. The summed E-state index contributed by atoms with van der Waals surface area (Å²) in [6, 6.07) is 8.90. The maximum Gasteiger partial charge on any atom is 0.356 e. The molecule has 1 saturated carbocycles. The van der Waals surface area contributed by atoms with Gasteiger partial charge >= 0.3 is 5.97 Å². The molecule has 1 aromatic rings. The Hall–Kier alpha value is -2.31. The lowest BCUT2D eigenvalue weighted by Crippen LogP contribution is -2.48. The molecule has 6 heteroatoms. The first-order chi connectivity index (χ1) is 15.6. The predicted molar refractivity (Wildman–Crippen MR) is 122 cm³/mol. The summed E-state index contributed by atoms with van der Waals surface area (Å²) in [4.78, 5) is 32.3. The highest BCUT2D eigenvalue weighted by atomic mass is 19.1. The molecule has 0 radical (unpaired) electrons. The van der Waals surface area contributed by atoms with Crippen LogP contribution >= 0.6 is 0 Å².